The van der Waals surface area contributed by atoms with Crippen molar-refractivity contribution in [1.82, 2.24) is 0 Å². The number of benzene rings is 1. The molecule has 0 saturated carbocycles. The largest absolute Gasteiger partial charge is 0.399 e. The molecule has 0 amide bonds. The Hall–Kier alpha value is -1.34. The first kappa shape index (κ1) is 23.7. The fourth-order valence-electron chi connectivity index (χ4n) is 1.74. The summed E-state index contributed by atoms with van der Waals surface area (Å²) in [6, 6.07) is 2.73. The van der Waals surface area contributed by atoms with Gasteiger partial charge in [-0.25, -0.2) is 25.2 Å². The highest BCUT2D eigenvalue weighted by Gasteiger charge is 2.27. The zero-order valence-corrected chi connectivity index (χ0v) is 16.5. The fourth-order valence-corrected chi connectivity index (χ4v) is 5.68. The van der Waals surface area contributed by atoms with Crippen molar-refractivity contribution in [2.45, 2.75) is 9.79 Å². The SMILES string of the molecule is Nc1ccc(S(=O)(=O)CCOS(=O)(=O)O)c(S(=O)(=O)CCOS(=O)(=O)O)c1. The van der Waals surface area contributed by atoms with Gasteiger partial charge in [0.2, 0.25) is 0 Å². The van der Waals surface area contributed by atoms with Crippen molar-refractivity contribution in [2.75, 3.05) is 30.5 Å². The Morgan fingerprint density at radius 2 is 1.15 bits per heavy atom. The summed E-state index contributed by atoms with van der Waals surface area (Å²) >= 11 is 0. The molecule has 1 aromatic carbocycles. The van der Waals surface area contributed by atoms with E-state index in [1.54, 1.807) is 0 Å². The van der Waals surface area contributed by atoms with Crippen molar-refractivity contribution >= 4 is 46.2 Å². The Morgan fingerprint density at radius 3 is 1.56 bits per heavy atom. The van der Waals surface area contributed by atoms with Crippen LogP contribution in [0, 0.1) is 0 Å². The van der Waals surface area contributed by atoms with Gasteiger partial charge in [-0.1, -0.05) is 0 Å². The number of hydrogen-bond acceptors (Lipinski definition) is 11. The Morgan fingerprint density at radius 1 is 0.741 bits per heavy atom. The number of anilines is 1. The van der Waals surface area contributed by atoms with Crippen LogP contribution in [-0.2, 0) is 48.8 Å². The number of nitrogens with two attached hydrogens (primary N) is 1. The molecule has 0 bridgehead atoms. The van der Waals surface area contributed by atoms with Gasteiger partial charge in [0.1, 0.15) is 0 Å². The van der Waals surface area contributed by atoms with Gasteiger partial charge >= 0.3 is 20.8 Å². The third kappa shape index (κ3) is 8.05. The Bertz CT molecular complexity index is 1100. The van der Waals surface area contributed by atoms with Crippen LogP contribution in [0.1, 0.15) is 0 Å². The van der Waals surface area contributed by atoms with Crippen LogP contribution in [0.3, 0.4) is 0 Å². The number of sulfone groups is 2. The minimum Gasteiger partial charge on any atom is -0.399 e. The van der Waals surface area contributed by atoms with E-state index in [-0.39, 0.29) is 5.69 Å². The van der Waals surface area contributed by atoms with Crippen molar-refractivity contribution in [3.8, 4) is 0 Å². The van der Waals surface area contributed by atoms with Crippen LogP contribution >= 0.6 is 0 Å². The summed E-state index contributed by atoms with van der Waals surface area (Å²) in [6.45, 7) is -1.99. The van der Waals surface area contributed by atoms with Gasteiger partial charge in [0.05, 0.1) is 34.5 Å². The van der Waals surface area contributed by atoms with Gasteiger partial charge in [-0.2, -0.15) is 16.8 Å². The molecule has 156 valence electrons. The summed E-state index contributed by atoms with van der Waals surface area (Å²) in [4.78, 5) is -1.53. The van der Waals surface area contributed by atoms with Crippen LogP contribution in [-0.4, -0.2) is 67.5 Å². The lowest BCUT2D eigenvalue weighted by molar-refractivity contribution is 0.282. The molecule has 0 atom stereocenters. The van der Waals surface area contributed by atoms with E-state index in [1.807, 2.05) is 0 Å². The second-order valence-corrected chi connectivity index (χ2v) is 11.2. The monoisotopic (exact) mass is 469 g/mol. The molecule has 1 aromatic rings. The molecule has 0 spiro atoms. The molecule has 13 nitrogen and oxygen atoms in total. The average Bonchev–Trinajstić information content (AvgIpc) is 2.43. The van der Waals surface area contributed by atoms with Gasteiger partial charge in [0.15, 0.2) is 19.7 Å². The van der Waals surface area contributed by atoms with E-state index in [4.69, 9.17) is 14.8 Å². The molecule has 0 radical (unpaired) electrons. The van der Waals surface area contributed by atoms with E-state index in [0.29, 0.717) is 0 Å². The molecule has 0 unspecified atom stereocenters. The zero-order chi connectivity index (χ0) is 21.1. The van der Waals surface area contributed by atoms with Crippen molar-refractivity contribution in [3.05, 3.63) is 18.2 Å². The molecule has 0 aliphatic carbocycles. The third-order valence-corrected chi connectivity index (χ3v) is 7.31. The third-order valence-electron chi connectivity index (χ3n) is 2.81. The lowest BCUT2D eigenvalue weighted by atomic mass is 10.3. The summed E-state index contributed by atoms with van der Waals surface area (Å²) in [7, 11) is -18.7. The molecule has 0 aliphatic rings. The Labute approximate surface area is 155 Å². The van der Waals surface area contributed by atoms with Gasteiger partial charge in [0, 0.05) is 5.69 Å². The fraction of sp³-hybridized carbons (Fsp3) is 0.400. The normalized spacial score (nSPS) is 13.6. The van der Waals surface area contributed by atoms with E-state index >= 15 is 0 Å². The maximum Gasteiger partial charge on any atom is 0.397 e. The molecule has 4 N–H and O–H groups in total. The molecule has 0 aromatic heterocycles. The van der Waals surface area contributed by atoms with Crippen molar-refractivity contribution in [2.24, 2.45) is 0 Å². The summed E-state index contributed by atoms with van der Waals surface area (Å²) < 4.78 is 116. The quantitative estimate of drug-likeness (QED) is 0.261. The minimum absolute atomic E-state index is 0.127. The van der Waals surface area contributed by atoms with Gasteiger partial charge < -0.3 is 5.73 Å². The van der Waals surface area contributed by atoms with Crippen LogP contribution in [0.15, 0.2) is 28.0 Å². The van der Waals surface area contributed by atoms with Gasteiger partial charge in [-0.15, -0.1) is 0 Å². The molecule has 27 heavy (non-hydrogen) atoms. The van der Waals surface area contributed by atoms with E-state index in [9.17, 15) is 33.7 Å². The summed E-state index contributed by atoms with van der Waals surface area (Å²) in [5.41, 5.74) is 5.33. The van der Waals surface area contributed by atoms with E-state index in [2.05, 4.69) is 8.37 Å². The van der Waals surface area contributed by atoms with E-state index in [0.717, 1.165) is 18.2 Å². The summed E-state index contributed by atoms with van der Waals surface area (Å²) in [5, 5.41) is 0. The average molecular weight is 469 g/mol. The molecule has 0 fully saturated rings. The predicted molar refractivity (Wildman–Crippen MR) is 90.0 cm³/mol. The highest BCUT2D eigenvalue weighted by Crippen LogP contribution is 2.26. The predicted octanol–water partition coefficient (Wildman–Crippen LogP) is -1.54. The minimum atomic E-state index is -4.91. The molecule has 17 heteroatoms. The topological polar surface area (TPSA) is 221 Å². The molecule has 0 saturated heterocycles. The van der Waals surface area contributed by atoms with Gasteiger partial charge in [-0.3, -0.25) is 9.11 Å². The molecular weight excluding hydrogens is 454 g/mol. The Kier molecular flexibility index (Phi) is 7.33. The standard InChI is InChI=1S/C10H15NO12S4/c11-8-1-2-9(24(12,13)5-3-22-26(16,17)18)10(7-8)25(14,15)6-4-23-27(19,20)21/h1-2,7H,3-6,11H2,(H,16,17,18)(H,19,20,21). The van der Waals surface area contributed by atoms with Gasteiger partial charge in [0.25, 0.3) is 0 Å². The van der Waals surface area contributed by atoms with E-state index < -0.39 is 75.0 Å². The van der Waals surface area contributed by atoms with Crippen LogP contribution in [0.2, 0.25) is 0 Å². The first-order valence-corrected chi connectivity index (χ1v) is 12.7. The van der Waals surface area contributed by atoms with Crippen molar-refractivity contribution < 1.29 is 51.1 Å². The maximum atomic E-state index is 12.3. The van der Waals surface area contributed by atoms with Crippen molar-refractivity contribution in [1.29, 1.82) is 0 Å². The maximum absolute atomic E-state index is 12.3. The molecule has 0 aliphatic heterocycles. The zero-order valence-electron chi connectivity index (χ0n) is 13.2. The molecule has 0 heterocycles. The Balaban J connectivity index is 3.20. The second-order valence-electron chi connectivity index (χ2n) is 4.84. The summed E-state index contributed by atoms with van der Waals surface area (Å²) in [6.07, 6.45) is 0. The lowest BCUT2D eigenvalue weighted by Gasteiger charge is -2.12. The number of hydrogen-bond donors (Lipinski definition) is 3. The van der Waals surface area contributed by atoms with Gasteiger partial charge in [-0.05, 0) is 18.2 Å². The summed E-state index contributed by atoms with van der Waals surface area (Å²) in [5.74, 6) is -2.01. The van der Waals surface area contributed by atoms with Crippen LogP contribution in [0.25, 0.3) is 0 Å². The highest BCUT2D eigenvalue weighted by atomic mass is 32.3. The first-order chi connectivity index (χ1) is 12.0. The molecular formula is C10H15NO12S4. The lowest BCUT2D eigenvalue weighted by Crippen LogP contribution is -2.21. The first-order valence-electron chi connectivity index (χ1n) is 6.62. The number of nitrogen functional groups attached to an aromatic ring is 1. The second kappa shape index (κ2) is 8.35. The van der Waals surface area contributed by atoms with Crippen LogP contribution < -0.4 is 5.73 Å². The molecule has 1 rings (SSSR count). The van der Waals surface area contributed by atoms with Crippen molar-refractivity contribution in [3.63, 3.8) is 0 Å². The highest BCUT2D eigenvalue weighted by molar-refractivity contribution is 7.94. The van der Waals surface area contributed by atoms with Crippen LogP contribution in [0.4, 0.5) is 5.69 Å². The van der Waals surface area contributed by atoms with Crippen LogP contribution in [0.5, 0.6) is 0 Å². The number of rotatable bonds is 10. The van der Waals surface area contributed by atoms with E-state index in [1.165, 1.54) is 0 Å². The smallest absolute Gasteiger partial charge is 0.397 e.